The molecule has 1 heterocycles. The number of hydrogen-bond acceptors (Lipinski definition) is 2. The monoisotopic (exact) mass is 256 g/mol. The Labute approximate surface area is 111 Å². The first-order valence-corrected chi connectivity index (χ1v) is 7.35. The highest BCUT2D eigenvalue weighted by atomic mass is 32.1. The lowest BCUT2D eigenvalue weighted by Crippen LogP contribution is -2.20. The molecule has 18 heavy (non-hydrogen) atoms. The zero-order valence-corrected chi connectivity index (χ0v) is 11.3. The van der Waals surface area contributed by atoms with E-state index in [9.17, 15) is 4.79 Å². The molecule has 0 saturated heterocycles. The van der Waals surface area contributed by atoms with E-state index in [0.29, 0.717) is 18.1 Å². The predicted octanol–water partition coefficient (Wildman–Crippen LogP) is 4.22. The molecule has 0 N–H and O–H groups in total. The highest BCUT2D eigenvalue weighted by molar-refractivity contribution is 7.12. The van der Waals surface area contributed by atoms with Gasteiger partial charge in [0.1, 0.15) is 0 Å². The Morgan fingerprint density at radius 2 is 2.17 bits per heavy atom. The minimum Gasteiger partial charge on any atom is -0.293 e. The quantitative estimate of drug-likeness (QED) is 0.748. The second-order valence-electron chi connectivity index (χ2n) is 4.86. The molecule has 1 aliphatic rings. The Balaban J connectivity index is 1.74. The maximum Gasteiger partial charge on any atom is 0.173 e. The largest absolute Gasteiger partial charge is 0.293 e. The van der Waals surface area contributed by atoms with Crippen LogP contribution in [0.15, 0.2) is 35.7 Å². The van der Waals surface area contributed by atoms with Gasteiger partial charge in [-0.25, -0.2) is 0 Å². The van der Waals surface area contributed by atoms with Crippen molar-refractivity contribution in [3.05, 3.63) is 57.3 Å². The van der Waals surface area contributed by atoms with Crippen LogP contribution in [0, 0.1) is 0 Å². The van der Waals surface area contributed by atoms with Crippen LogP contribution in [0.3, 0.4) is 0 Å². The van der Waals surface area contributed by atoms with Crippen LogP contribution < -0.4 is 0 Å². The maximum absolute atomic E-state index is 12.3. The number of aryl methyl sites for hydroxylation is 1. The van der Waals surface area contributed by atoms with E-state index in [1.54, 1.807) is 11.3 Å². The zero-order valence-electron chi connectivity index (χ0n) is 10.5. The molecule has 0 amide bonds. The van der Waals surface area contributed by atoms with Crippen molar-refractivity contribution in [2.75, 3.05) is 0 Å². The van der Waals surface area contributed by atoms with Gasteiger partial charge in [0.25, 0.3) is 0 Å². The molecular weight excluding hydrogens is 240 g/mol. The van der Waals surface area contributed by atoms with E-state index in [2.05, 4.69) is 37.3 Å². The molecule has 0 bridgehead atoms. The Hall–Kier alpha value is -1.41. The fourth-order valence-electron chi connectivity index (χ4n) is 2.72. The Morgan fingerprint density at radius 3 is 2.94 bits per heavy atom. The van der Waals surface area contributed by atoms with Crippen molar-refractivity contribution >= 4 is 17.1 Å². The molecule has 0 fully saturated rings. The highest BCUT2D eigenvalue weighted by Crippen LogP contribution is 2.38. The molecule has 1 atom stereocenters. The Morgan fingerprint density at radius 1 is 1.33 bits per heavy atom. The average Bonchev–Trinajstić information content (AvgIpc) is 2.84. The van der Waals surface area contributed by atoms with Gasteiger partial charge in [0.2, 0.25) is 0 Å². The minimum absolute atomic E-state index is 0.321. The van der Waals surface area contributed by atoms with Gasteiger partial charge in [-0.15, -0.1) is 11.3 Å². The van der Waals surface area contributed by atoms with E-state index in [4.69, 9.17) is 0 Å². The lowest BCUT2D eigenvalue weighted by molar-refractivity contribution is 0.0973. The summed E-state index contributed by atoms with van der Waals surface area (Å²) in [7, 11) is 0. The number of carbonyl (C=O) groups excluding carboxylic acids is 1. The highest BCUT2D eigenvalue weighted by Gasteiger charge is 2.28. The topological polar surface area (TPSA) is 17.1 Å². The number of carbonyl (C=O) groups is 1. The number of hydrogen-bond donors (Lipinski definition) is 0. The van der Waals surface area contributed by atoms with Crippen LogP contribution >= 0.6 is 11.3 Å². The van der Waals surface area contributed by atoms with Gasteiger partial charge in [-0.3, -0.25) is 4.79 Å². The number of Topliss-reactive ketones (excluding diaryl/α,β-unsaturated/α-hetero) is 1. The van der Waals surface area contributed by atoms with Crippen molar-refractivity contribution in [2.45, 2.75) is 32.1 Å². The molecule has 0 spiro atoms. The number of fused-ring (bicyclic) bond motifs is 1. The maximum atomic E-state index is 12.3. The van der Waals surface area contributed by atoms with Crippen LogP contribution in [0.25, 0.3) is 0 Å². The van der Waals surface area contributed by atoms with Crippen molar-refractivity contribution in [2.24, 2.45) is 0 Å². The third-order valence-electron chi connectivity index (χ3n) is 3.77. The summed E-state index contributed by atoms with van der Waals surface area (Å²) >= 11 is 1.59. The Bertz CT molecular complexity index is 582. The summed E-state index contributed by atoms with van der Waals surface area (Å²) < 4.78 is 0. The molecule has 1 aromatic carbocycles. The second kappa shape index (κ2) is 4.69. The molecule has 1 unspecified atom stereocenters. The standard InChI is InChI=1S/C16H16OS/c1-2-11-7-8-18-16(11)15(17)10-13-9-12-5-3-4-6-14(12)13/h3-8,13H,2,9-10H2,1H3. The SMILES string of the molecule is CCc1ccsc1C(=O)CC1Cc2ccccc21. The summed E-state index contributed by atoms with van der Waals surface area (Å²) in [5.74, 6) is 0.766. The van der Waals surface area contributed by atoms with Crippen LogP contribution in [-0.4, -0.2) is 5.78 Å². The molecule has 3 rings (SSSR count). The van der Waals surface area contributed by atoms with Gasteiger partial charge in [-0.1, -0.05) is 31.2 Å². The summed E-state index contributed by atoms with van der Waals surface area (Å²) in [5.41, 5.74) is 4.00. The zero-order chi connectivity index (χ0) is 12.5. The van der Waals surface area contributed by atoms with E-state index in [1.165, 1.54) is 16.7 Å². The number of benzene rings is 1. The first-order chi connectivity index (χ1) is 8.79. The third-order valence-corrected chi connectivity index (χ3v) is 4.77. The molecule has 1 aromatic heterocycles. The van der Waals surface area contributed by atoms with Gasteiger partial charge in [-0.2, -0.15) is 0 Å². The molecule has 2 heteroatoms. The minimum atomic E-state index is 0.321. The lowest BCUT2D eigenvalue weighted by Gasteiger charge is -2.29. The molecule has 1 aliphatic carbocycles. The van der Waals surface area contributed by atoms with E-state index in [-0.39, 0.29) is 0 Å². The summed E-state index contributed by atoms with van der Waals surface area (Å²) in [6.07, 6.45) is 2.69. The number of ketones is 1. The summed E-state index contributed by atoms with van der Waals surface area (Å²) in [6.45, 7) is 2.11. The van der Waals surface area contributed by atoms with E-state index in [1.807, 2.05) is 5.38 Å². The molecule has 0 saturated carbocycles. The molecule has 2 aromatic rings. The predicted molar refractivity (Wildman–Crippen MR) is 75.5 cm³/mol. The van der Waals surface area contributed by atoms with Crippen LogP contribution in [-0.2, 0) is 12.8 Å². The summed E-state index contributed by atoms with van der Waals surface area (Å²) in [6, 6.07) is 10.5. The summed E-state index contributed by atoms with van der Waals surface area (Å²) in [5, 5.41) is 2.03. The van der Waals surface area contributed by atoms with Crippen molar-refractivity contribution in [3.8, 4) is 0 Å². The van der Waals surface area contributed by atoms with E-state index >= 15 is 0 Å². The van der Waals surface area contributed by atoms with Crippen molar-refractivity contribution in [1.82, 2.24) is 0 Å². The fourth-order valence-corrected chi connectivity index (χ4v) is 3.67. The average molecular weight is 256 g/mol. The van der Waals surface area contributed by atoms with E-state index < -0.39 is 0 Å². The lowest BCUT2D eigenvalue weighted by atomic mass is 9.75. The van der Waals surface area contributed by atoms with Gasteiger partial charge < -0.3 is 0 Å². The van der Waals surface area contributed by atoms with Crippen molar-refractivity contribution in [3.63, 3.8) is 0 Å². The normalized spacial score (nSPS) is 17.1. The second-order valence-corrected chi connectivity index (χ2v) is 5.77. The first-order valence-electron chi connectivity index (χ1n) is 6.47. The van der Waals surface area contributed by atoms with Crippen LogP contribution in [0.2, 0.25) is 0 Å². The fraction of sp³-hybridized carbons (Fsp3) is 0.312. The first kappa shape index (κ1) is 11.7. The Kier molecular flexibility index (Phi) is 3.04. The van der Waals surface area contributed by atoms with Crippen LogP contribution in [0.1, 0.15) is 45.6 Å². The molecule has 0 aliphatic heterocycles. The van der Waals surface area contributed by atoms with Gasteiger partial charge in [-0.05, 0) is 46.9 Å². The smallest absolute Gasteiger partial charge is 0.173 e. The molecule has 92 valence electrons. The third kappa shape index (κ3) is 1.91. The molecular formula is C16H16OS. The number of thiophene rings is 1. The molecule has 0 radical (unpaired) electrons. The number of rotatable bonds is 4. The van der Waals surface area contributed by atoms with E-state index in [0.717, 1.165) is 17.7 Å². The van der Waals surface area contributed by atoms with Gasteiger partial charge in [0.05, 0.1) is 4.88 Å². The molecule has 1 nitrogen and oxygen atoms in total. The van der Waals surface area contributed by atoms with Gasteiger partial charge in [0.15, 0.2) is 5.78 Å². The van der Waals surface area contributed by atoms with Crippen molar-refractivity contribution in [1.29, 1.82) is 0 Å². The van der Waals surface area contributed by atoms with Gasteiger partial charge in [0, 0.05) is 6.42 Å². The van der Waals surface area contributed by atoms with Crippen LogP contribution in [0.5, 0.6) is 0 Å². The van der Waals surface area contributed by atoms with Crippen molar-refractivity contribution < 1.29 is 4.79 Å². The van der Waals surface area contributed by atoms with Gasteiger partial charge >= 0.3 is 0 Å². The summed E-state index contributed by atoms with van der Waals surface area (Å²) in [4.78, 5) is 13.3. The van der Waals surface area contributed by atoms with Crippen LogP contribution in [0.4, 0.5) is 0 Å².